The van der Waals surface area contributed by atoms with E-state index in [-0.39, 0.29) is 19.2 Å². The number of anilines is 1. The van der Waals surface area contributed by atoms with Crippen LogP contribution in [0.4, 0.5) is 5.82 Å². The molecule has 2 amide bonds. The number of allylic oxidation sites excluding steroid dienone is 1. The lowest BCUT2D eigenvalue weighted by molar-refractivity contribution is -0.125. The quantitative estimate of drug-likeness (QED) is 0.797. The van der Waals surface area contributed by atoms with Crippen LogP contribution in [0.25, 0.3) is 11.6 Å². The standard InChI is InChI=1S/C22H23N5O2.CH4/c1-26-11-19(10-24-26)16-7-17-12-27(13-18(17)8-16)21(29)5-2-14-6-15-3-4-20(28)25-22(15)23-9-14;/h2,5-7,9-11,17-18H,3-4,8,12-13H2,1H3,(H,23,25,28);1H4/b5-2+;. The predicted octanol–water partition coefficient (Wildman–Crippen LogP) is 2.91. The van der Waals surface area contributed by atoms with Crippen LogP contribution in [-0.4, -0.2) is 44.6 Å². The molecule has 2 unspecified atom stereocenters. The SMILES string of the molecule is C.Cn1cc(C2=CC3CN(C(=O)/C=C/c4cnc5c(c4)CCC(=O)N5)CC3C2)cn1. The highest BCUT2D eigenvalue weighted by Gasteiger charge is 2.38. The molecule has 7 nitrogen and oxygen atoms in total. The molecule has 4 heterocycles. The molecule has 0 spiro atoms. The van der Waals surface area contributed by atoms with Crippen LogP contribution >= 0.6 is 0 Å². The Morgan fingerprint density at radius 2 is 2.13 bits per heavy atom. The first-order valence-corrected chi connectivity index (χ1v) is 10.0. The van der Waals surface area contributed by atoms with Gasteiger partial charge in [-0.1, -0.05) is 13.5 Å². The van der Waals surface area contributed by atoms with Gasteiger partial charge in [-0.3, -0.25) is 14.3 Å². The van der Waals surface area contributed by atoms with Gasteiger partial charge in [-0.05, 0) is 53.5 Å². The molecule has 2 atom stereocenters. The summed E-state index contributed by atoms with van der Waals surface area (Å²) in [6.07, 6.45) is 13.6. The highest BCUT2D eigenvalue weighted by molar-refractivity contribution is 5.94. The molecule has 156 valence electrons. The van der Waals surface area contributed by atoms with Crippen molar-refractivity contribution in [1.82, 2.24) is 19.7 Å². The second-order valence-corrected chi connectivity index (χ2v) is 8.12. The first-order chi connectivity index (χ1) is 14.0. The van der Waals surface area contributed by atoms with Gasteiger partial charge in [0, 0.05) is 50.6 Å². The van der Waals surface area contributed by atoms with Crippen LogP contribution in [0.3, 0.4) is 0 Å². The summed E-state index contributed by atoms with van der Waals surface area (Å²) < 4.78 is 1.83. The fourth-order valence-electron chi connectivity index (χ4n) is 4.53. The van der Waals surface area contributed by atoms with Gasteiger partial charge in [0.2, 0.25) is 11.8 Å². The molecule has 2 aromatic heterocycles. The van der Waals surface area contributed by atoms with Crippen molar-refractivity contribution in [1.29, 1.82) is 0 Å². The first kappa shape index (κ1) is 20.1. The van der Waals surface area contributed by atoms with Crippen molar-refractivity contribution in [2.75, 3.05) is 18.4 Å². The van der Waals surface area contributed by atoms with Crippen LogP contribution in [0.5, 0.6) is 0 Å². The minimum absolute atomic E-state index is 0. The number of carbonyl (C=O) groups is 2. The van der Waals surface area contributed by atoms with Crippen molar-refractivity contribution in [3.8, 4) is 0 Å². The zero-order valence-corrected chi connectivity index (χ0v) is 16.3. The smallest absolute Gasteiger partial charge is 0.246 e. The van der Waals surface area contributed by atoms with Crippen molar-refractivity contribution in [2.24, 2.45) is 18.9 Å². The summed E-state index contributed by atoms with van der Waals surface area (Å²) in [4.78, 5) is 30.3. The van der Waals surface area contributed by atoms with Gasteiger partial charge in [-0.2, -0.15) is 5.10 Å². The average molecular weight is 406 g/mol. The summed E-state index contributed by atoms with van der Waals surface area (Å²) in [7, 11) is 1.93. The number of rotatable bonds is 3. The van der Waals surface area contributed by atoms with Crippen LogP contribution in [0.15, 0.2) is 36.8 Å². The summed E-state index contributed by atoms with van der Waals surface area (Å²) in [5.41, 5.74) is 4.44. The Morgan fingerprint density at radius 3 is 2.90 bits per heavy atom. The molecule has 2 aromatic rings. The highest BCUT2D eigenvalue weighted by atomic mass is 16.2. The summed E-state index contributed by atoms with van der Waals surface area (Å²) in [6.45, 7) is 1.56. The Labute approximate surface area is 176 Å². The van der Waals surface area contributed by atoms with Crippen LogP contribution < -0.4 is 5.32 Å². The molecule has 7 heteroatoms. The third-order valence-electron chi connectivity index (χ3n) is 6.06. The van der Waals surface area contributed by atoms with E-state index in [4.69, 9.17) is 0 Å². The Balaban J connectivity index is 0.00000218. The van der Waals surface area contributed by atoms with Gasteiger partial charge in [0.15, 0.2) is 0 Å². The lowest BCUT2D eigenvalue weighted by Crippen LogP contribution is -2.27. The van der Waals surface area contributed by atoms with Gasteiger partial charge in [-0.15, -0.1) is 0 Å². The van der Waals surface area contributed by atoms with E-state index < -0.39 is 0 Å². The van der Waals surface area contributed by atoms with E-state index in [1.54, 1.807) is 12.3 Å². The van der Waals surface area contributed by atoms with E-state index in [0.29, 0.717) is 30.5 Å². The summed E-state index contributed by atoms with van der Waals surface area (Å²) in [5, 5.41) is 7.03. The minimum atomic E-state index is 0. The number of pyridine rings is 1. The lowest BCUT2D eigenvalue weighted by Gasteiger charge is -2.16. The number of aryl methyl sites for hydroxylation is 2. The maximum atomic E-state index is 12.7. The average Bonchev–Trinajstić information content (AvgIpc) is 3.40. The molecule has 1 saturated heterocycles. The van der Waals surface area contributed by atoms with Crippen molar-refractivity contribution in [3.63, 3.8) is 0 Å². The van der Waals surface area contributed by atoms with E-state index in [1.165, 1.54) is 11.1 Å². The molecule has 2 aliphatic heterocycles. The summed E-state index contributed by atoms with van der Waals surface area (Å²) in [5.74, 6) is 1.60. The van der Waals surface area contributed by atoms with Gasteiger partial charge in [0.1, 0.15) is 5.82 Å². The molecule has 30 heavy (non-hydrogen) atoms. The molecule has 0 bridgehead atoms. The van der Waals surface area contributed by atoms with Gasteiger partial charge in [0.25, 0.3) is 0 Å². The molecule has 0 aromatic carbocycles. The van der Waals surface area contributed by atoms with Gasteiger partial charge < -0.3 is 10.2 Å². The topological polar surface area (TPSA) is 80.1 Å². The van der Waals surface area contributed by atoms with Crippen molar-refractivity contribution in [2.45, 2.75) is 26.7 Å². The van der Waals surface area contributed by atoms with Crippen LogP contribution in [0, 0.1) is 11.8 Å². The monoisotopic (exact) mass is 405 g/mol. The molecule has 0 radical (unpaired) electrons. The van der Waals surface area contributed by atoms with Crippen LogP contribution in [0.1, 0.15) is 37.0 Å². The van der Waals surface area contributed by atoms with E-state index in [2.05, 4.69) is 27.7 Å². The maximum absolute atomic E-state index is 12.7. The zero-order valence-electron chi connectivity index (χ0n) is 16.3. The summed E-state index contributed by atoms with van der Waals surface area (Å²) in [6, 6.07) is 1.99. The van der Waals surface area contributed by atoms with Crippen molar-refractivity contribution >= 4 is 29.3 Å². The molecule has 1 aliphatic carbocycles. The molecule has 5 rings (SSSR count). The third kappa shape index (κ3) is 3.79. The predicted molar refractivity (Wildman–Crippen MR) is 116 cm³/mol. The Morgan fingerprint density at radius 1 is 1.27 bits per heavy atom. The normalized spacial score (nSPS) is 22.4. The number of fused-ring (bicyclic) bond motifs is 2. The Bertz CT molecular complexity index is 1050. The van der Waals surface area contributed by atoms with E-state index in [0.717, 1.165) is 30.6 Å². The van der Waals surface area contributed by atoms with E-state index in [1.807, 2.05) is 35.0 Å². The molecular formula is C23H27N5O2. The molecule has 0 saturated carbocycles. The van der Waals surface area contributed by atoms with Gasteiger partial charge >= 0.3 is 0 Å². The van der Waals surface area contributed by atoms with Gasteiger partial charge in [-0.25, -0.2) is 4.98 Å². The number of hydrogen-bond acceptors (Lipinski definition) is 4. The fourth-order valence-corrected chi connectivity index (χ4v) is 4.53. The molecule has 1 N–H and O–H groups in total. The second kappa shape index (κ2) is 7.89. The molecular weight excluding hydrogens is 378 g/mol. The zero-order chi connectivity index (χ0) is 20.0. The fraction of sp³-hybridized carbons (Fsp3) is 0.391. The number of hydrogen-bond donors (Lipinski definition) is 1. The number of aromatic nitrogens is 3. The van der Waals surface area contributed by atoms with Crippen LogP contribution in [-0.2, 0) is 23.1 Å². The molecule has 1 fully saturated rings. The number of carbonyl (C=O) groups excluding carboxylic acids is 2. The van der Waals surface area contributed by atoms with E-state index >= 15 is 0 Å². The Hall–Kier alpha value is -3.22. The third-order valence-corrected chi connectivity index (χ3v) is 6.06. The van der Waals surface area contributed by atoms with E-state index in [9.17, 15) is 9.59 Å². The largest absolute Gasteiger partial charge is 0.338 e. The number of amides is 2. The number of nitrogens with zero attached hydrogens (tertiary/aromatic N) is 4. The maximum Gasteiger partial charge on any atom is 0.246 e. The minimum Gasteiger partial charge on any atom is -0.338 e. The number of nitrogens with one attached hydrogen (secondary N) is 1. The molecule has 3 aliphatic rings. The Kier molecular flexibility index (Phi) is 5.28. The van der Waals surface area contributed by atoms with Crippen LogP contribution in [0.2, 0.25) is 0 Å². The van der Waals surface area contributed by atoms with Crippen molar-refractivity contribution in [3.05, 3.63) is 53.5 Å². The number of likely N-dealkylation sites (tertiary alicyclic amines) is 1. The lowest BCUT2D eigenvalue weighted by atomic mass is 9.99. The second-order valence-electron chi connectivity index (χ2n) is 8.12. The highest BCUT2D eigenvalue weighted by Crippen LogP contribution is 2.40. The first-order valence-electron chi connectivity index (χ1n) is 10.0. The summed E-state index contributed by atoms with van der Waals surface area (Å²) >= 11 is 0. The van der Waals surface area contributed by atoms with Gasteiger partial charge in [0.05, 0.1) is 6.20 Å². The van der Waals surface area contributed by atoms with Crippen molar-refractivity contribution < 1.29 is 9.59 Å².